The Kier molecular flexibility index (Phi) is 6.63. The molecule has 1 rings (SSSR count). The summed E-state index contributed by atoms with van der Waals surface area (Å²) < 4.78 is 30.9. The highest BCUT2D eigenvalue weighted by atomic mass is 32.2. The number of hydrogen-bond acceptors (Lipinski definition) is 5. The Morgan fingerprint density at radius 1 is 1.30 bits per heavy atom. The monoisotopic (exact) mass is 300 g/mol. The summed E-state index contributed by atoms with van der Waals surface area (Å²) >= 11 is 0. The van der Waals surface area contributed by atoms with Crippen LogP contribution in [0.25, 0.3) is 0 Å². The van der Waals surface area contributed by atoms with E-state index in [1.807, 2.05) is 7.05 Å². The van der Waals surface area contributed by atoms with Crippen LogP contribution in [0.5, 0.6) is 0 Å². The predicted molar refractivity (Wildman–Crippen MR) is 77.0 cm³/mol. The molecule has 0 radical (unpaired) electrons. The first-order valence-electron chi connectivity index (χ1n) is 6.27. The predicted octanol–water partition coefficient (Wildman–Crippen LogP) is 0.502. The second-order valence-corrected chi connectivity index (χ2v) is 6.11. The molecule has 0 unspecified atom stereocenters. The summed E-state index contributed by atoms with van der Waals surface area (Å²) in [6, 6.07) is 6.42. The van der Waals surface area contributed by atoms with Gasteiger partial charge in [0.05, 0.1) is 18.4 Å². The third kappa shape index (κ3) is 5.68. The number of hydrogen-bond donors (Lipinski definition) is 2. The van der Waals surface area contributed by atoms with Crippen molar-refractivity contribution < 1.29 is 17.9 Å². The number of esters is 1. The number of nitrogens with one attached hydrogen (secondary N) is 2. The zero-order valence-electron chi connectivity index (χ0n) is 11.7. The van der Waals surface area contributed by atoms with Crippen molar-refractivity contribution in [3.8, 4) is 0 Å². The lowest BCUT2D eigenvalue weighted by atomic mass is 10.1. The number of rotatable bonds is 8. The molecule has 0 fully saturated rings. The van der Waals surface area contributed by atoms with Crippen LogP contribution >= 0.6 is 0 Å². The second-order valence-electron chi connectivity index (χ2n) is 4.30. The van der Waals surface area contributed by atoms with Crippen LogP contribution in [0, 0.1) is 0 Å². The van der Waals surface area contributed by atoms with Gasteiger partial charge in [0, 0.05) is 6.54 Å². The Hall–Kier alpha value is -1.44. The maximum Gasteiger partial charge on any atom is 0.337 e. The van der Waals surface area contributed by atoms with E-state index in [-0.39, 0.29) is 5.75 Å². The van der Waals surface area contributed by atoms with Crippen molar-refractivity contribution in [1.82, 2.24) is 10.0 Å². The zero-order valence-corrected chi connectivity index (χ0v) is 12.5. The summed E-state index contributed by atoms with van der Waals surface area (Å²) in [5.41, 5.74) is 0.893. The largest absolute Gasteiger partial charge is 0.465 e. The van der Waals surface area contributed by atoms with Gasteiger partial charge in [-0.1, -0.05) is 12.1 Å². The van der Waals surface area contributed by atoms with Gasteiger partial charge in [-0.3, -0.25) is 0 Å². The van der Waals surface area contributed by atoms with E-state index in [4.69, 9.17) is 0 Å². The molecular weight excluding hydrogens is 280 g/mol. The average Bonchev–Trinajstić information content (AvgIpc) is 2.42. The van der Waals surface area contributed by atoms with E-state index in [1.165, 1.54) is 13.2 Å². The van der Waals surface area contributed by atoms with Crippen molar-refractivity contribution >= 4 is 16.0 Å². The second kappa shape index (κ2) is 7.98. The number of sulfonamides is 1. The third-order valence-electron chi connectivity index (χ3n) is 2.63. The average molecular weight is 300 g/mol. The van der Waals surface area contributed by atoms with Gasteiger partial charge in [0.2, 0.25) is 10.0 Å². The third-order valence-corrected chi connectivity index (χ3v) is 3.99. The van der Waals surface area contributed by atoms with Gasteiger partial charge in [-0.15, -0.1) is 0 Å². The Morgan fingerprint density at radius 3 is 2.70 bits per heavy atom. The first-order chi connectivity index (χ1) is 9.48. The Balaban J connectivity index is 2.65. The van der Waals surface area contributed by atoms with E-state index in [9.17, 15) is 13.2 Å². The first kappa shape index (κ1) is 16.6. The van der Waals surface area contributed by atoms with Crippen LogP contribution in [0.4, 0.5) is 0 Å². The Labute approximate surface area is 119 Å². The number of ether oxygens (including phenoxy) is 1. The fourth-order valence-electron chi connectivity index (χ4n) is 1.67. The summed E-state index contributed by atoms with van der Waals surface area (Å²) in [7, 11) is -0.295. The lowest BCUT2D eigenvalue weighted by Crippen LogP contribution is -2.28. The van der Waals surface area contributed by atoms with Gasteiger partial charge in [-0.25, -0.2) is 17.9 Å². The molecule has 0 aromatic heterocycles. The molecule has 1 aromatic carbocycles. The van der Waals surface area contributed by atoms with Gasteiger partial charge < -0.3 is 10.1 Å². The topological polar surface area (TPSA) is 84.5 Å². The van der Waals surface area contributed by atoms with Crippen LogP contribution in [0.2, 0.25) is 0 Å². The number of carbonyl (C=O) groups is 1. The molecule has 0 saturated carbocycles. The van der Waals surface area contributed by atoms with Gasteiger partial charge in [0.1, 0.15) is 0 Å². The minimum Gasteiger partial charge on any atom is -0.465 e. The summed E-state index contributed by atoms with van der Waals surface area (Å²) in [5, 5.41) is 2.94. The maximum atomic E-state index is 11.9. The van der Waals surface area contributed by atoms with E-state index in [1.54, 1.807) is 18.2 Å². The summed E-state index contributed by atoms with van der Waals surface area (Å²) in [6.45, 7) is 1.14. The number of benzene rings is 1. The molecule has 7 heteroatoms. The molecule has 0 bridgehead atoms. The quantitative estimate of drug-likeness (QED) is 0.539. The van der Waals surface area contributed by atoms with Gasteiger partial charge >= 0.3 is 5.97 Å². The van der Waals surface area contributed by atoms with Crippen LogP contribution in [0.15, 0.2) is 24.3 Å². The summed E-state index contributed by atoms with van der Waals surface area (Å²) in [5.74, 6) is -0.636. The fraction of sp³-hybridized carbons (Fsp3) is 0.462. The zero-order chi connectivity index (χ0) is 15.0. The normalized spacial score (nSPS) is 11.3. The minimum absolute atomic E-state index is 0.155. The molecule has 0 amide bonds. The molecule has 0 aliphatic rings. The van der Waals surface area contributed by atoms with E-state index in [2.05, 4.69) is 14.8 Å². The van der Waals surface area contributed by atoms with Crippen LogP contribution in [-0.2, 0) is 20.5 Å². The van der Waals surface area contributed by atoms with Crippen molar-refractivity contribution in [2.75, 3.05) is 27.2 Å². The lowest BCUT2D eigenvalue weighted by Gasteiger charge is -2.07. The van der Waals surface area contributed by atoms with E-state index in [0.29, 0.717) is 17.7 Å². The molecule has 0 heterocycles. The number of carbonyl (C=O) groups excluding carboxylic acids is 1. The standard InChI is InChI=1S/C13H20N2O4S/c1-14-7-4-8-15-20(17,18)10-11-5-3-6-12(9-11)13(16)19-2/h3,5-6,9,14-15H,4,7-8,10H2,1-2H3. The highest BCUT2D eigenvalue weighted by Gasteiger charge is 2.12. The van der Waals surface area contributed by atoms with E-state index >= 15 is 0 Å². The maximum absolute atomic E-state index is 11.9. The van der Waals surface area contributed by atoms with Crippen molar-refractivity contribution in [1.29, 1.82) is 0 Å². The number of methoxy groups -OCH3 is 1. The van der Waals surface area contributed by atoms with Crippen LogP contribution in [-0.4, -0.2) is 41.6 Å². The van der Waals surface area contributed by atoms with Crippen LogP contribution in [0.3, 0.4) is 0 Å². The minimum atomic E-state index is -3.39. The highest BCUT2D eigenvalue weighted by Crippen LogP contribution is 2.09. The van der Waals surface area contributed by atoms with Crippen molar-refractivity contribution in [3.05, 3.63) is 35.4 Å². The van der Waals surface area contributed by atoms with Crippen LogP contribution < -0.4 is 10.0 Å². The lowest BCUT2D eigenvalue weighted by molar-refractivity contribution is 0.0600. The van der Waals surface area contributed by atoms with Gasteiger partial charge in [-0.05, 0) is 37.7 Å². The van der Waals surface area contributed by atoms with Crippen molar-refractivity contribution in [2.24, 2.45) is 0 Å². The summed E-state index contributed by atoms with van der Waals surface area (Å²) in [6.07, 6.45) is 0.720. The summed E-state index contributed by atoms with van der Waals surface area (Å²) in [4.78, 5) is 11.4. The molecule has 2 N–H and O–H groups in total. The molecule has 0 atom stereocenters. The van der Waals surface area contributed by atoms with E-state index < -0.39 is 16.0 Å². The molecule has 0 aliphatic heterocycles. The van der Waals surface area contributed by atoms with Crippen molar-refractivity contribution in [2.45, 2.75) is 12.2 Å². The van der Waals surface area contributed by atoms with Crippen LogP contribution in [0.1, 0.15) is 22.3 Å². The van der Waals surface area contributed by atoms with Crippen molar-refractivity contribution in [3.63, 3.8) is 0 Å². The Morgan fingerprint density at radius 2 is 2.05 bits per heavy atom. The smallest absolute Gasteiger partial charge is 0.337 e. The molecule has 0 aliphatic carbocycles. The van der Waals surface area contributed by atoms with Gasteiger partial charge in [0.15, 0.2) is 0 Å². The highest BCUT2D eigenvalue weighted by molar-refractivity contribution is 7.88. The molecule has 0 saturated heterocycles. The fourth-order valence-corrected chi connectivity index (χ4v) is 2.85. The molecular formula is C13H20N2O4S. The first-order valence-corrected chi connectivity index (χ1v) is 7.93. The molecule has 1 aromatic rings. The SMILES string of the molecule is CNCCCNS(=O)(=O)Cc1cccc(C(=O)OC)c1. The molecule has 6 nitrogen and oxygen atoms in total. The molecule has 0 spiro atoms. The van der Waals surface area contributed by atoms with Gasteiger partial charge in [0.25, 0.3) is 0 Å². The molecule has 112 valence electrons. The Bertz CT molecular complexity index is 543. The van der Waals surface area contributed by atoms with Gasteiger partial charge in [-0.2, -0.15) is 0 Å². The molecule has 20 heavy (non-hydrogen) atoms. The van der Waals surface area contributed by atoms with E-state index in [0.717, 1.165) is 13.0 Å².